The average Bonchev–Trinajstić information content (AvgIpc) is 2.26. The fourth-order valence-electron chi connectivity index (χ4n) is 1.52. The molecular formula is C10H16N2O3. The van der Waals surface area contributed by atoms with Crippen molar-refractivity contribution in [1.29, 1.82) is 5.26 Å². The molecule has 84 valence electrons. The monoisotopic (exact) mass is 212 g/mol. The van der Waals surface area contributed by atoms with Crippen LogP contribution < -0.4 is 5.32 Å². The topological polar surface area (TPSA) is 82.4 Å². The maximum absolute atomic E-state index is 11.8. The number of nitrogens with one attached hydrogen (secondary N) is 1. The van der Waals surface area contributed by atoms with E-state index < -0.39 is 11.5 Å². The molecule has 1 rings (SSSR count). The second-order valence-corrected chi connectivity index (χ2v) is 3.87. The standard InChI is InChI=1S/C10H16N2O3/c1-8(13)6-12-9(14)10(7-11)2-4-15-5-3-10/h8,13H,2-6H2,1H3,(H,12,14)/t8-/m0/s1. The second-order valence-electron chi connectivity index (χ2n) is 3.87. The summed E-state index contributed by atoms with van der Waals surface area (Å²) in [5.41, 5.74) is -0.965. The Balaban J connectivity index is 2.57. The molecule has 0 aromatic heterocycles. The van der Waals surface area contributed by atoms with Crippen LogP contribution in [0.3, 0.4) is 0 Å². The molecule has 15 heavy (non-hydrogen) atoms. The van der Waals surface area contributed by atoms with E-state index in [-0.39, 0.29) is 12.5 Å². The molecule has 0 aliphatic carbocycles. The number of ether oxygens (including phenoxy) is 1. The fraction of sp³-hybridized carbons (Fsp3) is 0.800. The molecule has 1 heterocycles. The fourth-order valence-corrected chi connectivity index (χ4v) is 1.52. The summed E-state index contributed by atoms with van der Waals surface area (Å²) >= 11 is 0. The first-order valence-electron chi connectivity index (χ1n) is 5.06. The van der Waals surface area contributed by atoms with Crippen molar-refractivity contribution >= 4 is 5.91 Å². The summed E-state index contributed by atoms with van der Waals surface area (Å²) in [7, 11) is 0. The lowest BCUT2D eigenvalue weighted by molar-refractivity contribution is -0.132. The Labute approximate surface area is 89.0 Å². The van der Waals surface area contributed by atoms with Gasteiger partial charge in [0.25, 0.3) is 0 Å². The van der Waals surface area contributed by atoms with Gasteiger partial charge in [-0.2, -0.15) is 5.26 Å². The molecule has 0 unspecified atom stereocenters. The zero-order valence-electron chi connectivity index (χ0n) is 8.82. The third kappa shape index (κ3) is 2.91. The van der Waals surface area contributed by atoms with Gasteiger partial charge in [0.1, 0.15) is 5.41 Å². The van der Waals surface area contributed by atoms with Crippen LogP contribution in [0.5, 0.6) is 0 Å². The normalized spacial score (nSPS) is 21.4. The van der Waals surface area contributed by atoms with Crippen molar-refractivity contribution in [2.45, 2.75) is 25.9 Å². The Hall–Kier alpha value is -1.12. The molecule has 1 aliphatic rings. The maximum Gasteiger partial charge on any atom is 0.240 e. The average molecular weight is 212 g/mol. The minimum Gasteiger partial charge on any atom is -0.392 e. The van der Waals surface area contributed by atoms with Crippen LogP contribution in [-0.4, -0.2) is 36.9 Å². The number of aliphatic hydroxyl groups excluding tert-OH is 1. The van der Waals surface area contributed by atoms with Crippen LogP contribution in [0.25, 0.3) is 0 Å². The van der Waals surface area contributed by atoms with Gasteiger partial charge in [0.2, 0.25) is 5.91 Å². The van der Waals surface area contributed by atoms with Gasteiger partial charge in [-0.05, 0) is 19.8 Å². The first kappa shape index (κ1) is 12.0. The van der Waals surface area contributed by atoms with E-state index in [4.69, 9.17) is 15.1 Å². The molecule has 0 spiro atoms. The van der Waals surface area contributed by atoms with Gasteiger partial charge in [-0.3, -0.25) is 4.79 Å². The molecule has 0 aromatic rings. The van der Waals surface area contributed by atoms with E-state index in [2.05, 4.69) is 11.4 Å². The van der Waals surface area contributed by atoms with E-state index >= 15 is 0 Å². The Kier molecular flexibility index (Phi) is 4.06. The largest absolute Gasteiger partial charge is 0.392 e. The molecule has 0 radical (unpaired) electrons. The van der Waals surface area contributed by atoms with Crippen molar-refractivity contribution in [3.05, 3.63) is 0 Å². The van der Waals surface area contributed by atoms with Gasteiger partial charge >= 0.3 is 0 Å². The van der Waals surface area contributed by atoms with Crippen molar-refractivity contribution in [2.24, 2.45) is 5.41 Å². The third-order valence-corrected chi connectivity index (χ3v) is 2.55. The summed E-state index contributed by atoms with van der Waals surface area (Å²) in [6.45, 7) is 2.65. The first-order chi connectivity index (χ1) is 7.10. The lowest BCUT2D eigenvalue weighted by atomic mass is 9.81. The molecule has 1 saturated heterocycles. The zero-order valence-corrected chi connectivity index (χ0v) is 8.82. The Bertz CT molecular complexity index is 264. The summed E-state index contributed by atoms with van der Waals surface area (Å²) in [4.78, 5) is 11.8. The van der Waals surface area contributed by atoms with Crippen LogP contribution in [0.1, 0.15) is 19.8 Å². The maximum atomic E-state index is 11.8. The van der Waals surface area contributed by atoms with Crippen molar-refractivity contribution in [1.82, 2.24) is 5.32 Å². The minimum absolute atomic E-state index is 0.184. The molecule has 0 aromatic carbocycles. The second kappa shape index (κ2) is 5.10. The third-order valence-electron chi connectivity index (χ3n) is 2.55. The number of aliphatic hydroxyl groups is 1. The quantitative estimate of drug-likeness (QED) is 0.679. The number of hydrogen-bond donors (Lipinski definition) is 2. The van der Waals surface area contributed by atoms with E-state index in [0.29, 0.717) is 26.1 Å². The van der Waals surface area contributed by atoms with Crippen molar-refractivity contribution in [2.75, 3.05) is 19.8 Å². The lowest BCUT2D eigenvalue weighted by Gasteiger charge is -2.29. The number of rotatable bonds is 3. The molecule has 0 bridgehead atoms. The molecular weight excluding hydrogens is 196 g/mol. The highest BCUT2D eigenvalue weighted by Crippen LogP contribution is 2.29. The van der Waals surface area contributed by atoms with Crippen LogP contribution in [-0.2, 0) is 9.53 Å². The summed E-state index contributed by atoms with van der Waals surface area (Å²) in [5.74, 6) is -0.297. The number of nitrogens with zero attached hydrogens (tertiary/aromatic N) is 1. The van der Waals surface area contributed by atoms with Crippen LogP contribution in [0.15, 0.2) is 0 Å². The van der Waals surface area contributed by atoms with Gasteiger partial charge in [0.15, 0.2) is 0 Å². The summed E-state index contributed by atoms with van der Waals surface area (Å²) in [6.07, 6.45) is 0.258. The van der Waals surface area contributed by atoms with E-state index in [1.165, 1.54) is 0 Å². The molecule has 5 heteroatoms. The number of nitriles is 1. The van der Waals surface area contributed by atoms with E-state index in [1.54, 1.807) is 6.92 Å². The molecule has 1 atom stereocenters. The Morgan fingerprint density at radius 1 is 1.67 bits per heavy atom. The Morgan fingerprint density at radius 3 is 2.73 bits per heavy atom. The molecule has 1 amide bonds. The number of carbonyl (C=O) groups excluding carboxylic acids is 1. The highest BCUT2D eigenvalue weighted by Gasteiger charge is 2.40. The minimum atomic E-state index is -0.965. The van der Waals surface area contributed by atoms with Crippen molar-refractivity contribution in [3.8, 4) is 6.07 Å². The van der Waals surface area contributed by atoms with E-state index in [0.717, 1.165) is 0 Å². The van der Waals surface area contributed by atoms with Gasteiger partial charge in [0.05, 0.1) is 12.2 Å². The summed E-state index contributed by atoms with van der Waals surface area (Å²) in [6, 6.07) is 2.07. The molecule has 1 fully saturated rings. The molecule has 2 N–H and O–H groups in total. The predicted molar refractivity (Wildman–Crippen MR) is 52.8 cm³/mol. The number of carbonyl (C=O) groups is 1. The number of hydrogen-bond acceptors (Lipinski definition) is 4. The van der Waals surface area contributed by atoms with Gasteiger partial charge in [-0.15, -0.1) is 0 Å². The SMILES string of the molecule is C[C@H](O)CNC(=O)C1(C#N)CCOCC1. The van der Waals surface area contributed by atoms with Gasteiger partial charge in [0, 0.05) is 19.8 Å². The van der Waals surface area contributed by atoms with Gasteiger partial charge in [-0.1, -0.05) is 0 Å². The zero-order chi connectivity index (χ0) is 11.3. The summed E-state index contributed by atoms with van der Waals surface area (Å²) in [5, 5.41) is 20.7. The molecule has 1 aliphatic heterocycles. The highest BCUT2D eigenvalue weighted by atomic mass is 16.5. The van der Waals surface area contributed by atoms with Crippen LogP contribution in [0.4, 0.5) is 0 Å². The predicted octanol–water partition coefficient (Wildman–Crippen LogP) is -0.196. The highest BCUT2D eigenvalue weighted by molar-refractivity contribution is 5.85. The first-order valence-corrected chi connectivity index (χ1v) is 5.06. The molecule has 5 nitrogen and oxygen atoms in total. The van der Waals surface area contributed by atoms with Crippen LogP contribution in [0, 0.1) is 16.7 Å². The van der Waals surface area contributed by atoms with Crippen molar-refractivity contribution < 1.29 is 14.6 Å². The van der Waals surface area contributed by atoms with Crippen LogP contribution in [0.2, 0.25) is 0 Å². The van der Waals surface area contributed by atoms with E-state index in [1.807, 2.05) is 0 Å². The Morgan fingerprint density at radius 2 is 2.27 bits per heavy atom. The van der Waals surface area contributed by atoms with Crippen LogP contribution >= 0.6 is 0 Å². The lowest BCUT2D eigenvalue weighted by Crippen LogP contribution is -2.45. The molecule has 0 saturated carbocycles. The van der Waals surface area contributed by atoms with Gasteiger partial charge in [-0.25, -0.2) is 0 Å². The van der Waals surface area contributed by atoms with Gasteiger partial charge < -0.3 is 15.2 Å². The summed E-state index contributed by atoms with van der Waals surface area (Å²) < 4.78 is 5.12. The smallest absolute Gasteiger partial charge is 0.240 e. The van der Waals surface area contributed by atoms with E-state index in [9.17, 15) is 4.79 Å². The number of amides is 1. The van der Waals surface area contributed by atoms with Crippen molar-refractivity contribution in [3.63, 3.8) is 0 Å².